The van der Waals surface area contributed by atoms with E-state index in [-0.39, 0.29) is 5.88 Å². The predicted octanol–water partition coefficient (Wildman–Crippen LogP) is 1.65. The molecule has 0 aliphatic carbocycles. The van der Waals surface area contributed by atoms with Gasteiger partial charge in [0.2, 0.25) is 5.88 Å². The third kappa shape index (κ3) is 1.96. The van der Waals surface area contributed by atoms with Gasteiger partial charge in [-0.3, -0.25) is 0 Å². The van der Waals surface area contributed by atoms with Gasteiger partial charge in [-0.15, -0.1) is 11.8 Å². The van der Waals surface area contributed by atoms with Gasteiger partial charge in [-0.25, -0.2) is 0 Å². The summed E-state index contributed by atoms with van der Waals surface area (Å²) in [5.74, 6) is 4.65. The fourth-order valence-corrected chi connectivity index (χ4v) is 4.11. The molecule has 0 amide bonds. The Balaban J connectivity index is 2.18. The van der Waals surface area contributed by atoms with Crippen LogP contribution in [0.1, 0.15) is 11.1 Å². The Morgan fingerprint density at radius 2 is 2.46 bits per heavy atom. The summed E-state index contributed by atoms with van der Waals surface area (Å²) in [7, 11) is 1.93. The second-order valence-electron chi connectivity index (χ2n) is 3.00. The van der Waals surface area contributed by atoms with E-state index in [1.165, 1.54) is 11.5 Å². The quantitative estimate of drug-likeness (QED) is 0.774. The Morgan fingerprint density at radius 1 is 1.62 bits per heavy atom. The van der Waals surface area contributed by atoms with Crippen LogP contribution in [0.3, 0.4) is 0 Å². The largest absolute Gasteiger partial charge is 0.492 e. The topological polar surface area (TPSA) is 38.0 Å². The van der Waals surface area contributed by atoms with Crippen molar-refractivity contribution in [2.24, 2.45) is 7.05 Å². The number of rotatable bonds is 1. The van der Waals surface area contributed by atoms with Crippen molar-refractivity contribution in [1.82, 2.24) is 9.55 Å². The number of hydrogen-bond acceptors (Lipinski definition) is 4. The first-order chi connectivity index (χ1) is 6.27. The van der Waals surface area contributed by atoms with Crippen molar-refractivity contribution in [3.8, 4) is 5.88 Å². The summed E-state index contributed by atoms with van der Waals surface area (Å²) in [4.78, 5) is 4.12. The van der Waals surface area contributed by atoms with Gasteiger partial charge < -0.3 is 9.67 Å². The maximum Gasteiger partial charge on any atom is 0.229 e. The molecule has 72 valence electrons. The van der Waals surface area contributed by atoms with Crippen LogP contribution in [-0.2, 0) is 7.05 Å². The predicted molar refractivity (Wildman–Crippen MR) is 57.4 cm³/mol. The van der Waals surface area contributed by atoms with Gasteiger partial charge >= 0.3 is 0 Å². The molecule has 3 nitrogen and oxygen atoms in total. The molecule has 13 heavy (non-hydrogen) atoms. The molecular formula is C8H12N2OS2. The minimum atomic E-state index is 0.133. The molecule has 0 aromatic carbocycles. The van der Waals surface area contributed by atoms with E-state index in [0.29, 0.717) is 5.25 Å². The SMILES string of the molecule is Cn1cc(O)nc1C1CSCCS1. The molecule has 1 fully saturated rings. The summed E-state index contributed by atoms with van der Waals surface area (Å²) in [6, 6.07) is 0. The van der Waals surface area contributed by atoms with Crippen LogP contribution < -0.4 is 0 Å². The van der Waals surface area contributed by atoms with Gasteiger partial charge in [0.05, 0.1) is 11.4 Å². The van der Waals surface area contributed by atoms with E-state index in [2.05, 4.69) is 4.98 Å². The lowest BCUT2D eigenvalue weighted by Gasteiger charge is -2.19. The Hall–Kier alpha value is -0.290. The molecule has 0 radical (unpaired) electrons. The molecule has 1 N–H and O–H groups in total. The molecule has 1 aliphatic heterocycles. The zero-order chi connectivity index (χ0) is 9.26. The number of nitrogens with zero attached hydrogens (tertiary/aromatic N) is 2. The van der Waals surface area contributed by atoms with Crippen molar-refractivity contribution < 1.29 is 5.11 Å². The Labute approximate surface area is 85.9 Å². The summed E-state index contributed by atoms with van der Waals surface area (Å²) in [6.45, 7) is 0. The molecule has 0 spiro atoms. The molecule has 2 rings (SSSR count). The lowest BCUT2D eigenvalue weighted by Crippen LogP contribution is -2.11. The first kappa shape index (κ1) is 9.27. The number of aromatic nitrogens is 2. The Bertz CT molecular complexity index is 294. The van der Waals surface area contributed by atoms with Gasteiger partial charge in [-0.1, -0.05) is 0 Å². The highest BCUT2D eigenvalue weighted by atomic mass is 32.2. The van der Waals surface area contributed by atoms with E-state index in [1.54, 1.807) is 6.20 Å². The summed E-state index contributed by atoms with van der Waals surface area (Å²) < 4.78 is 1.92. The average molecular weight is 216 g/mol. The van der Waals surface area contributed by atoms with Crippen LogP contribution in [-0.4, -0.2) is 31.9 Å². The van der Waals surface area contributed by atoms with E-state index in [9.17, 15) is 5.11 Å². The molecule has 0 bridgehead atoms. The normalized spacial score (nSPS) is 23.3. The number of imidazole rings is 1. The van der Waals surface area contributed by atoms with Crippen LogP contribution in [0, 0.1) is 0 Å². The third-order valence-electron chi connectivity index (χ3n) is 2.00. The zero-order valence-electron chi connectivity index (χ0n) is 7.43. The second kappa shape index (κ2) is 3.84. The van der Waals surface area contributed by atoms with Crippen LogP contribution in [0.4, 0.5) is 0 Å². The maximum atomic E-state index is 9.22. The average Bonchev–Trinajstić information content (AvgIpc) is 2.47. The molecule has 5 heteroatoms. The molecule has 1 aliphatic rings. The van der Waals surface area contributed by atoms with E-state index in [0.717, 1.165) is 11.6 Å². The van der Waals surface area contributed by atoms with Gasteiger partial charge in [-0.05, 0) is 0 Å². The van der Waals surface area contributed by atoms with E-state index in [4.69, 9.17) is 0 Å². The molecule has 1 unspecified atom stereocenters. The third-order valence-corrected chi connectivity index (χ3v) is 4.75. The highest BCUT2D eigenvalue weighted by Gasteiger charge is 2.20. The van der Waals surface area contributed by atoms with Crippen LogP contribution in [0.15, 0.2) is 6.20 Å². The standard InChI is InChI=1S/C8H12N2OS2/c1-10-4-7(11)9-8(10)6-5-12-2-3-13-6/h4,6,11H,2-3,5H2,1H3. The van der Waals surface area contributed by atoms with Crippen molar-refractivity contribution >= 4 is 23.5 Å². The van der Waals surface area contributed by atoms with Crippen molar-refractivity contribution in [2.75, 3.05) is 17.3 Å². The molecule has 1 aromatic heterocycles. The maximum absolute atomic E-state index is 9.22. The molecule has 0 saturated carbocycles. The highest BCUT2D eigenvalue weighted by molar-refractivity contribution is 8.06. The lowest BCUT2D eigenvalue weighted by atomic mass is 10.4. The van der Waals surface area contributed by atoms with E-state index >= 15 is 0 Å². The summed E-state index contributed by atoms with van der Waals surface area (Å²) >= 11 is 3.89. The van der Waals surface area contributed by atoms with Crippen LogP contribution in [0.5, 0.6) is 5.88 Å². The van der Waals surface area contributed by atoms with Crippen LogP contribution >= 0.6 is 23.5 Å². The van der Waals surface area contributed by atoms with Crippen molar-refractivity contribution in [3.63, 3.8) is 0 Å². The van der Waals surface area contributed by atoms with E-state index < -0.39 is 0 Å². The molecule has 1 aromatic rings. The zero-order valence-corrected chi connectivity index (χ0v) is 9.07. The van der Waals surface area contributed by atoms with Gasteiger partial charge in [0, 0.05) is 24.3 Å². The Morgan fingerprint density at radius 3 is 3.00 bits per heavy atom. The van der Waals surface area contributed by atoms with Crippen molar-refractivity contribution in [2.45, 2.75) is 5.25 Å². The number of hydrogen-bond donors (Lipinski definition) is 1. The summed E-state index contributed by atoms with van der Waals surface area (Å²) in [5.41, 5.74) is 0. The fourth-order valence-electron chi connectivity index (χ4n) is 1.40. The van der Waals surface area contributed by atoms with E-state index in [1.807, 2.05) is 35.1 Å². The van der Waals surface area contributed by atoms with Gasteiger partial charge in [0.1, 0.15) is 5.82 Å². The number of aromatic hydroxyl groups is 1. The second-order valence-corrected chi connectivity index (χ2v) is 5.46. The molecular weight excluding hydrogens is 204 g/mol. The van der Waals surface area contributed by atoms with Crippen molar-refractivity contribution in [1.29, 1.82) is 0 Å². The molecule has 1 atom stereocenters. The van der Waals surface area contributed by atoms with Gasteiger partial charge in [-0.2, -0.15) is 16.7 Å². The smallest absolute Gasteiger partial charge is 0.229 e. The minimum Gasteiger partial charge on any atom is -0.492 e. The Kier molecular flexibility index (Phi) is 2.74. The minimum absolute atomic E-state index is 0.133. The molecule has 2 heterocycles. The van der Waals surface area contributed by atoms with Crippen LogP contribution in [0.25, 0.3) is 0 Å². The number of aryl methyl sites for hydroxylation is 1. The fraction of sp³-hybridized carbons (Fsp3) is 0.625. The molecule has 1 saturated heterocycles. The summed E-state index contributed by atoms with van der Waals surface area (Å²) in [6.07, 6.45) is 1.66. The first-order valence-electron chi connectivity index (χ1n) is 4.19. The number of thioether (sulfide) groups is 2. The first-order valence-corrected chi connectivity index (χ1v) is 6.39. The van der Waals surface area contributed by atoms with Crippen molar-refractivity contribution in [3.05, 3.63) is 12.0 Å². The monoisotopic (exact) mass is 216 g/mol. The highest BCUT2D eigenvalue weighted by Crippen LogP contribution is 2.36. The van der Waals surface area contributed by atoms with Gasteiger partial charge in [0.25, 0.3) is 0 Å². The summed E-state index contributed by atoms with van der Waals surface area (Å²) in [5, 5.41) is 9.67. The van der Waals surface area contributed by atoms with Gasteiger partial charge in [0.15, 0.2) is 0 Å². The lowest BCUT2D eigenvalue weighted by molar-refractivity contribution is 0.455. The van der Waals surface area contributed by atoms with Crippen LogP contribution in [0.2, 0.25) is 0 Å².